The number of thiazole rings is 1. The molecule has 25 heavy (non-hydrogen) atoms. The molecule has 1 aromatic carbocycles. The lowest BCUT2D eigenvalue weighted by molar-refractivity contribution is 0.685. The van der Waals surface area contributed by atoms with Crippen LogP contribution in [-0.2, 0) is 19.6 Å². The van der Waals surface area contributed by atoms with Gasteiger partial charge in [-0.1, -0.05) is 24.3 Å². The fraction of sp³-hybridized carbons (Fsp3) is 0.278. The van der Waals surface area contributed by atoms with Crippen LogP contribution in [0, 0.1) is 6.92 Å². The molecule has 130 valence electrons. The lowest BCUT2D eigenvalue weighted by Gasteiger charge is -2.12. The molecule has 7 heteroatoms. The molecule has 2 N–H and O–H groups in total. The fourth-order valence-electron chi connectivity index (χ4n) is 2.47. The van der Waals surface area contributed by atoms with E-state index in [9.17, 15) is 0 Å². The zero-order valence-electron chi connectivity index (χ0n) is 14.4. The Bertz CT molecular complexity index is 822. The normalized spacial score (nSPS) is 11.5. The van der Waals surface area contributed by atoms with Crippen LogP contribution < -0.4 is 10.6 Å². The van der Waals surface area contributed by atoms with E-state index in [1.165, 1.54) is 16.0 Å². The summed E-state index contributed by atoms with van der Waals surface area (Å²) in [5, 5.41) is 11.9. The first-order valence-electron chi connectivity index (χ1n) is 8.14. The number of nitrogens with one attached hydrogen (secondary N) is 2. The van der Waals surface area contributed by atoms with Crippen molar-refractivity contribution in [3.05, 3.63) is 69.9 Å². The van der Waals surface area contributed by atoms with E-state index in [0.717, 1.165) is 17.5 Å². The first kappa shape index (κ1) is 17.2. The number of hydrogen-bond donors (Lipinski definition) is 2. The second-order valence-electron chi connectivity index (χ2n) is 5.67. The topological polar surface area (TPSA) is 67.1 Å². The smallest absolute Gasteiger partial charge is 0.191 e. The highest BCUT2D eigenvalue weighted by Crippen LogP contribution is 2.10. The number of aliphatic imine (C=N–C) groups is 1. The molecule has 0 radical (unpaired) electrons. The van der Waals surface area contributed by atoms with Crippen molar-refractivity contribution in [2.45, 2.75) is 26.6 Å². The highest BCUT2D eigenvalue weighted by Gasteiger charge is 2.03. The van der Waals surface area contributed by atoms with Crippen molar-refractivity contribution in [2.75, 3.05) is 7.05 Å². The number of benzene rings is 1. The summed E-state index contributed by atoms with van der Waals surface area (Å²) in [6.45, 7) is 4.22. The maximum absolute atomic E-state index is 4.35. The van der Waals surface area contributed by atoms with Crippen LogP contribution in [0.3, 0.4) is 0 Å². The average Bonchev–Trinajstić information content (AvgIpc) is 3.27. The summed E-state index contributed by atoms with van der Waals surface area (Å²) in [6, 6.07) is 10.4. The molecule has 0 aliphatic carbocycles. The molecule has 3 rings (SSSR count). The van der Waals surface area contributed by atoms with Crippen molar-refractivity contribution in [3.63, 3.8) is 0 Å². The predicted molar refractivity (Wildman–Crippen MR) is 102 cm³/mol. The molecule has 6 nitrogen and oxygen atoms in total. The Kier molecular flexibility index (Phi) is 5.79. The zero-order valence-corrected chi connectivity index (χ0v) is 15.3. The Hall–Kier alpha value is -2.67. The Morgan fingerprint density at radius 3 is 2.76 bits per heavy atom. The minimum absolute atomic E-state index is 0.678. The van der Waals surface area contributed by atoms with Crippen LogP contribution in [-0.4, -0.2) is 27.8 Å². The maximum atomic E-state index is 4.35. The van der Waals surface area contributed by atoms with Crippen molar-refractivity contribution in [1.82, 2.24) is 25.4 Å². The summed E-state index contributed by atoms with van der Waals surface area (Å²) < 4.78 is 1.92. The number of aromatic nitrogens is 3. The second-order valence-corrected chi connectivity index (χ2v) is 6.99. The third-order valence-corrected chi connectivity index (χ3v) is 4.57. The molecular weight excluding hydrogens is 332 g/mol. The van der Waals surface area contributed by atoms with Gasteiger partial charge in [-0.05, 0) is 24.1 Å². The van der Waals surface area contributed by atoms with Gasteiger partial charge in [0.25, 0.3) is 0 Å². The lowest BCUT2D eigenvalue weighted by atomic mass is 10.1. The highest BCUT2D eigenvalue weighted by molar-refractivity contribution is 7.11. The van der Waals surface area contributed by atoms with Crippen molar-refractivity contribution in [3.8, 4) is 0 Å². The van der Waals surface area contributed by atoms with E-state index >= 15 is 0 Å². The van der Waals surface area contributed by atoms with E-state index in [-0.39, 0.29) is 0 Å². The van der Waals surface area contributed by atoms with Gasteiger partial charge in [0, 0.05) is 37.1 Å². The minimum Gasteiger partial charge on any atom is -0.352 e. The molecule has 2 aromatic heterocycles. The maximum Gasteiger partial charge on any atom is 0.191 e. The van der Waals surface area contributed by atoms with Gasteiger partial charge in [0.05, 0.1) is 13.1 Å². The molecule has 0 aliphatic heterocycles. The van der Waals surface area contributed by atoms with Crippen molar-refractivity contribution < 1.29 is 0 Å². The zero-order chi connectivity index (χ0) is 17.5. The lowest BCUT2D eigenvalue weighted by Crippen LogP contribution is -2.36. The van der Waals surface area contributed by atoms with Gasteiger partial charge in [0.2, 0.25) is 0 Å². The SMILES string of the molecule is CN=C(NCc1cccc(Cn2cccn2)c1)NCc1ncc(C)s1. The number of rotatable bonds is 6. The summed E-state index contributed by atoms with van der Waals surface area (Å²) in [5.41, 5.74) is 2.43. The molecule has 0 bridgehead atoms. The first-order valence-corrected chi connectivity index (χ1v) is 8.95. The summed E-state index contributed by atoms with van der Waals surface area (Å²) in [7, 11) is 1.77. The number of nitrogens with zero attached hydrogens (tertiary/aromatic N) is 4. The quantitative estimate of drug-likeness (QED) is 0.527. The Balaban J connectivity index is 1.52. The van der Waals surface area contributed by atoms with E-state index in [4.69, 9.17) is 0 Å². The van der Waals surface area contributed by atoms with E-state index in [2.05, 4.69) is 56.9 Å². The number of hydrogen-bond acceptors (Lipinski definition) is 4. The molecule has 3 aromatic rings. The van der Waals surface area contributed by atoms with Crippen LogP contribution in [0.1, 0.15) is 21.0 Å². The molecule has 0 aliphatic rings. The van der Waals surface area contributed by atoms with Gasteiger partial charge in [0.15, 0.2) is 5.96 Å². The van der Waals surface area contributed by atoms with Gasteiger partial charge in [-0.25, -0.2) is 4.98 Å². The van der Waals surface area contributed by atoms with Crippen LogP contribution in [0.5, 0.6) is 0 Å². The third kappa shape index (κ3) is 5.15. The van der Waals surface area contributed by atoms with Gasteiger partial charge in [0.1, 0.15) is 5.01 Å². The molecular formula is C18H22N6S. The van der Waals surface area contributed by atoms with Crippen LogP contribution in [0.25, 0.3) is 0 Å². The molecule has 0 fully saturated rings. The van der Waals surface area contributed by atoms with Crippen LogP contribution in [0.15, 0.2) is 53.9 Å². The predicted octanol–water partition coefficient (Wildman–Crippen LogP) is 2.56. The van der Waals surface area contributed by atoms with E-state index in [0.29, 0.717) is 13.1 Å². The molecule has 0 unspecified atom stereocenters. The van der Waals surface area contributed by atoms with Gasteiger partial charge in [-0.3, -0.25) is 9.67 Å². The molecule has 0 saturated carbocycles. The summed E-state index contributed by atoms with van der Waals surface area (Å²) >= 11 is 1.69. The summed E-state index contributed by atoms with van der Waals surface area (Å²) in [5.74, 6) is 0.769. The molecule has 0 spiro atoms. The molecule has 0 saturated heterocycles. The largest absolute Gasteiger partial charge is 0.352 e. The van der Waals surface area contributed by atoms with Gasteiger partial charge >= 0.3 is 0 Å². The van der Waals surface area contributed by atoms with Crippen LogP contribution in [0.4, 0.5) is 0 Å². The highest BCUT2D eigenvalue weighted by atomic mass is 32.1. The number of guanidine groups is 1. The Morgan fingerprint density at radius 1 is 1.20 bits per heavy atom. The monoisotopic (exact) mass is 354 g/mol. The average molecular weight is 354 g/mol. The first-order chi connectivity index (χ1) is 12.2. The van der Waals surface area contributed by atoms with Crippen LogP contribution in [0.2, 0.25) is 0 Å². The fourth-order valence-corrected chi connectivity index (χ4v) is 3.19. The Morgan fingerprint density at radius 2 is 2.04 bits per heavy atom. The van der Waals surface area contributed by atoms with Crippen molar-refractivity contribution in [1.29, 1.82) is 0 Å². The van der Waals surface area contributed by atoms with Crippen LogP contribution >= 0.6 is 11.3 Å². The van der Waals surface area contributed by atoms with Gasteiger partial charge in [-0.2, -0.15) is 5.10 Å². The van der Waals surface area contributed by atoms with Gasteiger partial charge in [-0.15, -0.1) is 11.3 Å². The second kappa shape index (κ2) is 8.43. The summed E-state index contributed by atoms with van der Waals surface area (Å²) in [4.78, 5) is 9.83. The van der Waals surface area contributed by atoms with Crippen molar-refractivity contribution in [2.24, 2.45) is 4.99 Å². The van der Waals surface area contributed by atoms with Crippen molar-refractivity contribution >= 4 is 17.3 Å². The Labute approximate surface area is 151 Å². The molecule has 0 amide bonds. The van der Waals surface area contributed by atoms with E-state index in [1.54, 1.807) is 24.6 Å². The number of aryl methyl sites for hydroxylation is 1. The third-order valence-electron chi connectivity index (χ3n) is 3.65. The van der Waals surface area contributed by atoms with E-state index in [1.807, 2.05) is 23.1 Å². The molecule has 0 atom stereocenters. The standard InChI is InChI=1S/C18H22N6S/c1-14-10-20-17(25-14)12-22-18(19-2)21-11-15-5-3-6-16(9-15)13-24-8-4-7-23-24/h3-10H,11-13H2,1-2H3,(H2,19,21,22). The summed E-state index contributed by atoms with van der Waals surface area (Å²) in [6.07, 6.45) is 5.66. The van der Waals surface area contributed by atoms with E-state index < -0.39 is 0 Å². The minimum atomic E-state index is 0.678. The van der Waals surface area contributed by atoms with Gasteiger partial charge < -0.3 is 10.6 Å². The molecule has 2 heterocycles.